The van der Waals surface area contributed by atoms with Crippen LogP contribution in [0.3, 0.4) is 0 Å². The van der Waals surface area contributed by atoms with Crippen molar-refractivity contribution in [2.24, 2.45) is 0 Å². The number of carbonyl (C=O) groups excluding carboxylic acids is 2. The monoisotopic (exact) mass is 441 g/mol. The van der Waals surface area contributed by atoms with E-state index in [0.29, 0.717) is 16.0 Å². The summed E-state index contributed by atoms with van der Waals surface area (Å²) in [6.45, 7) is 3.89. The summed E-state index contributed by atoms with van der Waals surface area (Å²) in [6.07, 6.45) is 0.139. The first-order chi connectivity index (χ1) is 14.5. The second-order valence-electron chi connectivity index (χ2n) is 6.75. The number of methoxy groups -OCH3 is 1. The number of amides is 1. The van der Waals surface area contributed by atoms with Crippen LogP contribution in [0.25, 0.3) is 11.3 Å². The maximum atomic E-state index is 12.3. The van der Waals surface area contributed by atoms with Gasteiger partial charge in [0.05, 0.1) is 30.7 Å². The van der Waals surface area contributed by atoms with Crippen LogP contribution in [0.15, 0.2) is 29.4 Å². The Morgan fingerprint density at radius 3 is 2.83 bits per heavy atom. The van der Waals surface area contributed by atoms with Crippen LogP contribution >= 0.6 is 23.1 Å². The van der Waals surface area contributed by atoms with Crippen molar-refractivity contribution in [1.82, 2.24) is 20.2 Å². The van der Waals surface area contributed by atoms with Gasteiger partial charge in [-0.25, -0.2) is 9.97 Å². The second-order valence-corrected chi connectivity index (χ2v) is 8.78. The van der Waals surface area contributed by atoms with E-state index in [1.165, 1.54) is 35.8 Å². The lowest BCUT2D eigenvalue weighted by Crippen LogP contribution is -2.14. The fraction of sp³-hybridized carbons (Fsp3) is 0.300. The van der Waals surface area contributed by atoms with Gasteiger partial charge in [0.15, 0.2) is 5.13 Å². The molecule has 1 aliphatic rings. The fourth-order valence-electron chi connectivity index (χ4n) is 3.25. The number of thiazole rings is 1. The molecule has 0 aliphatic heterocycles. The highest BCUT2D eigenvalue weighted by Crippen LogP contribution is 2.42. The van der Waals surface area contributed by atoms with E-state index in [-0.39, 0.29) is 30.0 Å². The highest BCUT2D eigenvalue weighted by Gasteiger charge is 2.29. The van der Waals surface area contributed by atoms with Gasteiger partial charge in [0.25, 0.3) is 0 Å². The minimum Gasteiger partial charge on any atom is -0.469 e. The molecule has 1 atom stereocenters. The normalized spacial score (nSPS) is 14.2. The van der Waals surface area contributed by atoms with Crippen molar-refractivity contribution >= 4 is 40.1 Å². The molecule has 8 nitrogen and oxygen atoms in total. The molecular weight excluding hydrogens is 422 g/mol. The zero-order chi connectivity index (χ0) is 21.3. The first-order valence-corrected chi connectivity index (χ1v) is 11.1. The summed E-state index contributed by atoms with van der Waals surface area (Å²) in [5, 5.41) is 12.2. The Morgan fingerprint density at radius 2 is 2.03 bits per heavy atom. The van der Waals surface area contributed by atoms with Crippen LogP contribution in [0.1, 0.15) is 34.7 Å². The highest BCUT2D eigenvalue weighted by atomic mass is 32.2. The summed E-state index contributed by atoms with van der Waals surface area (Å²) in [5.41, 5.74) is 4.65. The van der Waals surface area contributed by atoms with E-state index in [9.17, 15) is 9.59 Å². The number of ether oxygens (including phenoxy) is 1. The van der Waals surface area contributed by atoms with Gasteiger partial charge in [-0.15, -0.1) is 21.5 Å². The quantitative estimate of drug-likeness (QED) is 0.459. The Balaban J connectivity index is 1.38. The lowest BCUT2D eigenvalue weighted by molar-refractivity contribution is -0.139. The van der Waals surface area contributed by atoms with Crippen LogP contribution in [0, 0.1) is 6.92 Å². The zero-order valence-corrected chi connectivity index (χ0v) is 18.3. The van der Waals surface area contributed by atoms with E-state index in [1.54, 1.807) is 6.92 Å². The minimum atomic E-state index is -0.340. The average molecular weight is 442 g/mol. The molecular formula is C20H19N5O3S2. The summed E-state index contributed by atoms with van der Waals surface area (Å²) in [5.74, 6) is -0.287. The van der Waals surface area contributed by atoms with E-state index in [0.717, 1.165) is 21.8 Å². The number of thioether (sulfide) groups is 1. The number of carbonyl (C=O) groups is 2. The van der Waals surface area contributed by atoms with E-state index in [2.05, 4.69) is 43.2 Å². The van der Waals surface area contributed by atoms with Gasteiger partial charge in [-0.05, 0) is 12.5 Å². The van der Waals surface area contributed by atoms with Crippen molar-refractivity contribution in [3.8, 4) is 11.3 Å². The molecule has 0 fully saturated rings. The van der Waals surface area contributed by atoms with Crippen LogP contribution in [0.4, 0.5) is 5.13 Å². The van der Waals surface area contributed by atoms with Crippen molar-refractivity contribution < 1.29 is 14.3 Å². The van der Waals surface area contributed by atoms with Crippen molar-refractivity contribution in [2.45, 2.75) is 31.3 Å². The molecule has 1 amide bonds. The van der Waals surface area contributed by atoms with Gasteiger partial charge in [0.1, 0.15) is 5.69 Å². The summed E-state index contributed by atoms with van der Waals surface area (Å²) in [4.78, 5) is 33.5. The Hall–Kier alpha value is -2.85. The second kappa shape index (κ2) is 8.49. The lowest BCUT2D eigenvalue weighted by atomic mass is 10.0. The standard InChI is InChI=1S/C20H19N5O3S2/c1-10-12-6-4-5-7-13(12)18-17(10)23-20(25-24-18)29-9-15(26)22-19-21-11(2)14(30-19)8-16(27)28-3/h4-7,10H,8-9H2,1-3H3,(H,21,22,26). The van der Waals surface area contributed by atoms with Gasteiger partial charge in [-0.2, -0.15) is 0 Å². The molecule has 1 aliphatic carbocycles. The molecule has 0 saturated carbocycles. The van der Waals surface area contributed by atoms with Gasteiger partial charge in [0, 0.05) is 16.4 Å². The smallest absolute Gasteiger partial charge is 0.310 e. The first kappa shape index (κ1) is 20.4. The molecule has 10 heteroatoms. The zero-order valence-electron chi connectivity index (χ0n) is 16.6. The number of nitrogens with one attached hydrogen (secondary N) is 1. The van der Waals surface area contributed by atoms with Gasteiger partial charge >= 0.3 is 5.97 Å². The minimum absolute atomic E-state index is 0.132. The number of fused-ring (bicyclic) bond motifs is 3. The molecule has 0 spiro atoms. The van der Waals surface area contributed by atoms with Crippen molar-refractivity contribution in [2.75, 3.05) is 18.2 Å². The van der Waals surface area contributed by atoms with Crippen molar-refractivity contribution in [1.29, 1.82) is 0 Å². The molecule has 1 aromatic carbocycles. The van der Waals surface area contributed by atoms with Gasteiger partial charge in [-0.3, -0.25) is 9.59 Å². The third kappa shape index (κ3) is 4.05. The Morgan fingerprint density at radius 1 is 1.23 bits per heavy atom. The third-order valence-electron chi connectivity index (χ3n) is 4.79. The van der Waals surface area contributed by atoms with Gasteiger partial charge < -0.3 is 10.1 Å². The molecule has 0 radical (unpaired) electrons. The van der Waals surface area contributed by atoms with Crippen LogP contribution in [-0.4, -0.2) is 44.9 Å². The molecule has 1 N–H and O–H groups in total. The average Bonchev–Trinajstić information content (AvgIpc) is 3.23. The molecule has 2 heterocycles. The molecule has 1 unspecified atom stereocenters. The Kier molecular flexibility index (Phi) is 5.78. The van der Waals surface area contributed by atoms with E-state index in [1.807, 2.05) is 18.2 Å². The summed E-state index contributed by atoms with van der Waals surface area (Å²) in [7, 11) is 1.34. The topological polar surface area (TPSA) is 107 Å². The van der Waals surface area contributed by atoms with Crippen molar-refractivity contribution in [3.63, 3.8) is 0 Å². The van der Waals surface area contributed by atoms with Crippen molar-refractivity contribution in [3.05, 3.63) is 46.1 Å². The first-order valence-electron chi connectivity index (χ1n) is 9.26. The molecule has 3 aromatic rings. The summed E-state index contributed by atoms with van der Waals surface area (Å²) < 4.78 is 4.68. The summed E-state index contributed by atoms with van der Waals surface area (Å²) in [6, 6.07) is 8.09. The lowest BCUT2D eigenvalue weighted by Gasteiger charge is -2.05. The summed E-state index contributed by atoms with van der Waals surface area (Å²) >= 11 is 2.49. The van der Waals surface area contributed by atoms with Crippen LogP contribution in [0.5, 0.6) is 0 Å². The van der Waals surface area contributed by atoms with Crippen LogP contribution in [-0.2, 0) is 20.7 Å². The maximum absolute atomic E-state index is 12.3. The predicted octanol–water partition coefficient (Wildman–Crippen LogP) is 3.22. The number of esters is 1. The molecule has 2 aromatic heterocycles. The molecule has 4 rings (SSSR count). The van der Waals surface area contributed by atoms with E-state index in [4.69, 9.17) is 0 Å². The predicted molar refractivity (Wildman–Crippen MR) is 115 cm³/mol. The Labute approximate surface area is 181 Å². The van der Waals surface area contributed by atoms with Crippen LogP contribution in [0.2, 0.25) is 0 Å². The van der Waals surface area contributed by atoms with Gasteiger partial charge in [0.2, 0.25) is 11.1 Å². The van der Waals surface area contributed by atoms with E-state index >= 15 is 0 Å². The third-order valence-corrected chi connectivity index (χ3v) is 6.70. The number of hydrogen-bond acceptors (Lipinski definition) is 9. The largest absolute Gasteiger partial charge is 0.469 e. The van der Waals surface area contributed by atoms with Gasteiger partial charge in [-0.1, -0.05) is 43.0 Å². The van der Waals surface area contributed by atoms with E-state index < -0.39 is 0 Å². The van der Waals surface area contributed by atoms with Crippen LogP contribution < -0.4 is 5.32 Å². The number of aryl methyl sites for hydroxylation is 1. The Bertz CT molecular complexity index is 1130. The SMILES string of the molecule is COC(=O)Cc1sc(NC(=O)CSc2nnc3c(n2)C(C)c2ccccc2-3)nc1C. The number of aromatic nitrogens is 4. The number of benzene rings is 1. The number of hydrogen-bond donors (Lipinski definition) is 1. The number of nitrogens with zero attached hydrogens (tertiary/aromatic N) is 4. The number of anilines is 1. The molecule has 0 saturated heterocycles. The maximum Gasteiger partial charge on any atom is 0.310 e. The molecule has 154 valence electrons. The fourth-order valence-corrected chi connectivity index (χ4v) is 4.81. The molecule has 0 bridgehead atoms. The highest BCUT2D eigenvalue weighted by molar-refractivity contribution is 7.99. The number of rotatable bonds is 6. The molecule has 30 heavy (non-hydrogen) atoms.